The number of hydrogen-bond acceptors (Lipinski definition) is 12. The Hall–Kier alpha value is -3.11. The summed E-state index contributed by atoms with van der Waals surface area (Å²) in [6.45, 7) is 3.44. The fraction of sp³-hybridized carbons (Fsp3) is 0.600. The lowest BCUT2D eigenvalue weighted by atomic mass is 10.0. The quantitative estimate of drug-likeness (QED) is 0.0522. The summed E-state index contributed by atoms with van der Waals surface area (Å²) >= 11 is 5.79. The van der Waals surface area contributed by atoms with E-state index < -0.39 is 36.9 Å². The van der Waals surface area contributed by atoms with Gasteiger partial charge in [-0.05, 0) is 49.9 Å². The van der Waals surface area contributed by atoms with E-state index in [1.54, 1.807) is 0 Å². The molecule has 2 rings (SSSR count). The van der Waals surface area contributed by atoms with Gasteiger partial charge in [0, 0.05) is 19.6 Å². The first-order valence-corrected chi connectivity index (χ1v) is 15.6. The van der Waals surface area contributed by atoms with Gasteiger partial charge in [-0.25, -0.2) is 9.97 Å². The normalized spacial score (nSPS) is 14.6. The number of nitrogens with one attached hydrogen (secondary N) is 1. The molecule has 45 heavy (non-hydrogen) atoms. The third-order valence-electron chi connectivity index (χ3n) is 7.08. The van der Waals surface area contributed by atoms with Gasteiger partial charge in [-0.1, -0.05) is 49.9 Å². The molecule has 0 saturated carbocycles. The van der Waals surface area contributed by atoms with Gasteiger partial charge in [0.15, 0.2) is 16.9 Å². The Labute approximate surface area is 269 Å². The molecule has 4 atom stereocenters. The SMILES string of the molecule is CCCCCCN(CCOc1ccc(CCCCN=C(N)NC(=O)c2cnc(N)c(Cl)n2)cc1)C[C@H](O)[C@@H](O)[C@H](O)[C@@H](O)CO. The van der Waals surface area contributed by atoms with Crippen molar-refractivity contribution in [2.24, 2.45) is 10.7 Å². The van der Waals surface area contributed by atoms with E-state index >= 15 is 0 Å². The van der Waals surface area contributed by atoms with Crippen LogP contribution in [-0.4, -0.2) is 116 Å². The third-order valence-corrected chi connectivity index (χ3v) is 7.36. The lowest BCUT2D eigenvalue weighted by Gasteiger charge is -2.30. The van der Waals surface area contributed by atoms with E-state index in [0.29, 0.717) is 32.0 Å². The smallest absolute Gasteiger partial charge is 0.278 e. The zero-order chi connectivity index (χ0) is 33.2. The maximum absolute atomic E-state index is 12.2. The first-order valence-electron chi connectivity index (χ1n) is 15.2. The molecule has 0 bridgehead atoms. The summed E-state index contributed by atoms with van der Waals surface area (Å²) in [4.78, 5) is 25.9. The number of nitrogen functional groups attached to an aromatic ring is 1. The van der Waals surface area contributed by atoms with Crippen LogP contribution in [0.2, 0.25) is 5.15 Å². The minimum atomic E-state index is -1.66. The molecule has 2 aromatic rings. The second kappa shape index (κ2) is 20.8. The summed E-state index contributed by atoms with van der Waals surface area (Å²) in [5, 5.41) is 51.6. The Morgan fingerprint density at radius 1 is 1.04 bits per heavy atom. The number of carbonyl (C=O) groups is 1. The molecular formula is C30H48ClN7O7. The monoisotopic (exact) mass is 653 g/mol. The van der Waals surface area contributed by atoms with Gasteiger partial charge in [0.05, 0.1) is 18.9 Å². The highest BCUT2D eigenvalue weighted by Gasteiger charge is 2.31. The van der Waals surface area contributed by atoms with Crippen LogP contribution in [0.3, 0.4) is 0 Å². The second-order valence-corrected chi connectivity index (χ2v) is 11.1. The first-order chi connectivity index (χ1) is 21.5. The Kier molecular flexibility index (Phi) is 17.6. The van der Waals surface area contributed by atoms with E-state index in [1.165, 1.54) is 6.20 Å². The number of rotatable bonds is 21. The number of aliphatic hydroxyl groups is 5. The van der Waals surface area contributed by atoms with Crippen LogP contribution in [-0.2, 0) is 6.42 Å². The van der Waals surface area contributed by atoms with Crippen LogP contribution in [0.5, 0.6) is 5.75 Å². The molecule has 14 nitrogen and oxygen atoms in total. The highest BCUT2D eigenvalue weighted by atomic mass is 35.5. The molecule has 0 saturated heterocycles. The molecule has 0 spiro atoms. The van der Waals surface area contributed by atoms with Crippen LogP contribution in [0, 0.1) is 0 Å². The lowest BCUT2D eigenvalue weighted by molar-refractivity contribution is -0.119. The number of anilines is 1. The number of guanidine groups is 1. The van der Waals surface area contributed by atoms with Crippen molar-refractivity contribution in [1.29, 1.82) is 0 Å². The lowest BCUT2D eigenvalue weighted by Crippen LogP contribution is -2.50. The summed E-state index contributed by atoms with van der Waals surface area (Å²) in [7, 11) is 0. The van der Waals surface area contributed by atoms with Crippen LogP contribution in [0.1, 0.15) is 61.5 Å². The fourth-order valence-corrected chi connectivity index (χ4v) is 4.52. The fourth-order valence-electron chi connectivity index (χ4n) is 4.38. The molecule has 10 N–H and O–H groups in total. The Balaban J connectivity index is 1.75. The maximum Gasteiger partial charge on any atom is 0.278 e. The van der Waals surface area contributed by atoms with Gasteiger partial charge in [0.2, 0.25) is 0 Å². The van der Waals surface area contributed by atoms with Crippen molar-refractivity contribution in [3.63, 3.8) is 0 Å². The zero-order valence-corrected chi connectivity index (χ0v) is 26.5. The van der Waals surface area contributed by atoms with Crippen LogP contribution < -0.4 is 21.5 Å². The van der Waals surface area contributed by atoms with Gasteiger partial charge < -0.3 is 41.7 Å². The molecule has 1 heterocycles. The first kappa shape index (κ1) is 38.1. The minimum Gasteiger partial charge on any atom is -0.492 e. The number of nitrogens with two attached hydrogens (primary N) is 2. The van der Waals surface area contributed by atoms with E-state index in [1.807, 2.05) is 29.2 Å². The molecule has 1 aromatic heterocycles. The van der Waals surface area contributed by atoms with E-state index in [-0.39, 0.29) is 29.2 Å². The molecule has 15 heteroatoms. The van der Waals surface area contributed by atoms with Gasteiger partial charge in [-0.15, -0.1) is 0 Å². The predicted octanol–water partition coefficient (Wildman–Crippen LogP) is 0.477. The van der Waals surface area contributed by atoms with E-state index in [4.69, 9.17) is 32.9 Å². The molecule has 1 aromatic carbocycles. The average molecular weight is 654 g/mol. The molecule has 0 unspecified atom stereocenters. The molecule has 0 radical (unpaired) electrons. The van der Waals surface area contributed by atoms with Crippen molar-refractivity contribution in [2.45, 2.75) is 76.3 Å². The predicted molar refractivity (Wildman–Crippen MR) is 172 cm³/mol. The Morgan fingerprint density at radius 3 is 2.42 bits per heavy atom. The number of nitrogens with zero attached hydrogens (tertiary/aromatic N) is 4. The number of hydrogen-bond donors (Lipinski definition) is 8. The number of benzene rings is 1. The van der Waals surface area contributed by atoms with Gasteiger partial charge in [0.25, 0.3) is 5.91 Å². The standard InChI is InChI=1S/C30H48ClN7O7/c1-2-3-4-7-14-38(18-23(40)25(42)26(43)24(41)19-39)15-16-45-21-11-9-20(10-12-21)8-5-6-13-34-30(33)37-29(44)22-17-35-28(32)27(31)36-22/h9-12,17,23-26,39-43H,2-8,13-16,18-19H2,1H3,(H2,32,35)(H3,33,34,37,44)/t23-,24-,25+,26+/m0/s1. The number of aliphatic hydroxyl groups excluding tert-OH is 5. The summed E-state index contributed by atoms with van der Waals surface area (Å²) < 4.78 is 5.91. The largest absolute Gasteiger partial charge is 0.492 e. The second-order valence-electron chi connectivity index (χ2n) is 10.8. The number of aromatic nitrogens is 2. The summed E-state index contributed by atoms with van der Waals surface area (Å²) in [5.74, 6) is 0.116. The number of amides is 1. The number of aryl methyl sites for hydroxylation is 1. The van der Waals surface area contributed by atoms with Crippen molar-refractivity contribution in [3.8, 4) is 5.75 Å². The van der Waals surface area contributed by atoms with Crippen LogP contribution >= 0.6 is 11.6 Å². The summed E-state index contributed by atoms with van der Waals surface area (Å²) in [6.07, 6.45) is 1.67. The van der Waals surface area contributed by atoms with Crippen molar-refractivity contribution in [3.05, 3.63) is 46.9 Å². The zero-order valence-electron chi connectivity index (χ0n) is 25.8. The van der Waals surface area contributed by atoms with Crippen molar-refractivity contribution >= 4 is 29.3 Å². The molecule has 0 fully saturated rings. The van der Waals surface area contributed by atoms with Crippen molar-refractivity contribution in [1.82, 2.24) is 20.2 Å². The summed E-state index contributed by atoms with van der Waals surface area (Å²) in [5.41, 5.74) is 12.4. The maximum atomic E-state index is 12.2. The third kappa shape index (κ3) is 14.2. The van der Waals surface area contributed by atoms with Crippen molar-refractivity contribution in [2.75, 3.05) is 45.1 Å². The number of carbonyl (C=O) groups excluding carboxylic acids is 1. The molecule has 0 aliphatic rings. The topological polar surface area (TPSA) is 233 Å². The number of halogens is 1. The Morgan fingerprint density at radius 2 is 1.76 bits per heavy atom. The molecule has 0 aliphatic carbocycles. The van der Waals surface area contributed by atoms with E-state index in [2.05, 4.69) is 27.2 Å². The molecule has 0 aliphatic heterocycles. The number of aliphatic imine (C=N–C) groups is 1. The Bertz CT molecular complexity index is 1180. The van der Waals surface area contributed by atoms with Crippen LogP contribution in [0.15, 0.2) is 35.5 Å². The number of unbranched alkanes of at least 4 members (excludes halogenated alkanes) is 4. The van der Waals surface area contributed by atoms with Crippen LogP contribution in [0.4, 0.5) is 5.82 Å². The van der Waals surface area contributed by atoms with Gasteiger partial charge in [-0.3, -0.25) is 20.0 Å². The van der Waals surface area contributed by atoms with Gasteiger partial charge in [-0.2, -0.15) is 0 Å². The minimum absolute atomic E-state index is 0.0225. The highest BCUT2D eigenvalue weighted by Crippen LogP contribution is 2.15. The molecule has 1 amide bonds. The average Bonchev–Trinajstić information content (AvgIpc) is 3.03. The van der Waals surface area contributed by atoms with E-state index in [9.17, 15) is 25.2 Å². The van der Waals surface area contributed by atoms with Crippen molar-refractivity contribution < 1.29 is 35.1 Å². The van der Waals surface area contributed by atoms with Crippen LogP contribution in [0.25, 0.3) is 0 Å². The van der Waals surface area contributed by atoms with Gasteiger partial charge in [0.1, 0.15) is 36.4 Å². The number of ether oxygens (including phenoxy) is 1. The van der Waals surface area contributed by atoms with E-state index in [0.717, 1.165) is 50.5 Å². The molecular weight excluding hydrogens is 606 g/mol. The highest BCUT2D eigenvalue weighted by molar-refractivity contribution is 6.31. The van der Waals surface area contributed by atoms with Gasteiger partial charge >= 0.3 is 0 Å². The summed E-state index contributed by atoms with van der Waals surface area (Å²) in [6, 6.07) is 7.76. The molecule has 252 valence electrons.